The molecule has 1 aliphatic heterocycles. The van der Waals surface area contributed by atoms with Gasteiger partial charge in [-0.2, -0.15) is 9.34 Å². The topological polar surface area (TPSA) is 24.9 Å². The van der Waals surface area contributed by atoms with E-state index in [2.05, 4.69) is 22.8 Å². The maximum Gasteiger partial charge on any atom is 0.409 e. The van der Waals surface area contributed by atoms with Crippen molar-refractivity contribution in [2.45, 2.75) is 87.7 Å². The van der Waals surface area contributed by atoms with Gasteiger partial charge in [-0.1, -0.05) is 32.4 Å². The Hall–Kier alpha value is 0.552. The summed E-state index contributed by atoms with van der Waals surface area (Å²) in [6.45, 7) is 8.57. The van der Waals surface area contributed by atoms with Gasteiger partial charge in [0, 0.05) is 14.2 Å². The van der Waals surface area contributed by atoms with Gasteiger partial charge in [0.05, 0.1) is 52.8 Å². The highest BCUT2D eigenvalue weighted by atomic mass is 31.2. The molecule has 3 rings (SSSR count). The van der Waals surface area contributed by atoms with E-state index in [4.69, 9.17) is 17.0 Å². The van der Waals surface area contributed by atoms with Crippen molar-refractivity contribution in [3.8, 4) is 0 Å². The van der Waals surface area contributed by atoms with E-state index in [0.717, 1.165) is 31.8 Å². The molecule has 0 N–H and O–H groups in total. The summed E-state index contributed by atoms with van der Waals surface area (Å²) in [5.41, 5.74) is 1.59. The van der Waals surface area contributed by atoms with E-state index in [1.165, 1.54) is 51.0 Å². The molecular formula is C20H40BN2O2PSi+. The monoisotopic (exact) mass is 410 g/mol. The van der Waals surface area contributed by atoms with Crippen LogP contribution in [0.2, 0.25) is 18.1 Å². The number of fused-ring (bicyclic) bond motifs is 1. The fraction of sp³-hybridized carbons (Fsp3) is 1.00. The van der Waals surface area contributed by atoms with Gasteiger partial charge in [-0.15, -0.1) is 0 Å². The van der Waals surface area contributed by atoms with Crippen molar-refractivity contribution in [1.29, 1.82) is 0 Å². The third-order valence-electron chi connectivity index (χ3n) is 7.49. The molecule has 4 unspecified atom stereocenters. The standard InChI is InChI=1S/C20H40BN2O2PSi/c1-5-27(4)20-12-8-11-19(20)26(21)22(13-15-24-2)17-9-6-7-10-18(17)23(26)14-16-25-3/h17-20H,5-16H2,1-4H3/q+1. The lowest BCUT2D eigenvalue weighted by Gasteiger charge is -2.42. The van der Waals surface area contributed by atoms with Gasteiger partial charge < -0.3 is 9.47 Å². The molecule has 3 aliphatic rings. The molecule has 1 saturated heterocycles. The highest BCUT2D eigenvalue weighted by molar-refractivity contribution is 7.94. The Kier molecular flexibility index (Phi) is 8.27. The summed E-state index contributed by atoms with van der Waals surface area (Å²) in [5, 5.41) is 0. The lowest BCUT2D eigenvalue weighted by Crippen LogP contribution is -2.41. The van der Waals surface area contributed by atoms with E-state index < -0.39 is 7.44 Å². The van der Waals surface area contributed by atoms with Gasteiger partial charge >= 0.3 is 7.57 Å². The second-order valence-electron chi connectivity index (χ2n) is 8.74. The second kappa shape index (κ2) is 10.0. The minimum atomic E-state index is -1.84. The van der Waals surface area contributed by atoms with Gasteiger partial charge in [0.2, 0.25) is 0 Å². The van der Waals surface area contributed by atoms with Gasteiger partial charge in [0.25, 0.3) is 0 Å². The molecule has 27 heavy (non-hydrogen) atoms. The van der Waals surface area contributed by atoms with Crippen LogP contribution in [0.1, 0.15) is 51.9 Å². The summed E-state index contributed by atoms with van der Waals surface area (Å²) < 4.78 is 16.7. The van der Waals surface area contributed by atoms with Crippen molar-refractivity contribution in [1.82, 2.24) is 9.34 Å². The molecule has 153 valence electrons. The zero-order valence-corrected chi connectivity index (χ0v) is 19.9. The first-order valence-electron chi connectivity index (χ1n) is 11.1. The summed E-state index contributed by atoms with van der Waals surface area (Å²) in [6.07, 6.45) is 9.46. The van der Waals surface area contributed by atoms with E-state index in [-0.39, 0.29) is 8.80 Å². The lowest BCUT2D eigenvalue weighted by atomic mass is 9.90. The Bertz CT molecular complexity index is 451. The van der Waals surface area contributed by atoms with Gasteiger partial charge in [0.1, 0.15) is 7.44 Å². The van der Waals surface area contributed by atoms with Crippen LogP contribution in [0.25, 0.3) is 0 Å². The van der Waals surface area contributed by atoms with Crippen molar-refractivity contribution in [2.75, 3.05) is 40.5 Å². The van der Waals surface area contributed by atoms with E-state index in [9.17, 15) is 0 Å². The minimum Gasteiger partial charge on any atom is -0.383 e. The number of hydrogen-bond donors (Lipinski definition) is 0. The molecule has 3 fully saturated rings. The van der Waals surface area contributed by atoms with Crippen LogP contribution in [0.15, 0.2) is 0 Å². The maximum absolute atomic E-state index is 7.65. The summed E-state index contributed by atoms with van der Waals surface area (Å²) >= 11 is 0. The Balaban J connectivity index is 1.96. The first-order valence-corrected chi connectivity index (χ1v) is 15.2. The fourth-order valence-electron chi connectivity index (χ4n) is 6.04. The summed E-state index contributed by atoms with van der Waals surface area (Å²) in [5.74, 6) is 0. The Labute approximate surface area is 171 Å². The van der Waals surface area contributed by atoms with Crippen molar-refractivity contribution >= 4 is 23.8 Å². The van der Waals surface area contributed by atoms with Crippen LogP contribution in [0, 0.1) is 0 Å². The zero-order valence-electron chi connectivity index (χ0n) is 18.0. The van der Waals surface area contributed by atoms with Crippen LogP contribution in [0.4, 0.5) is 0 Å². The molecule has 7 heteroatoms. The molecule has 0 aromatic rings. The number of hydrogen-bond acceptors (Lipinski definition) is 4. The predicted molar refractivity (Wildman–Crippen MR) is 119 cm³/mol. The van der Waals surface area contributed by atoms with Crippen LogP contribution < -0.4 is 0 Å². The molecule has 2 saturated carbocycles. The predicted octanol–water partition coefficient (Wildman–Crippen LogP) is 4.21. The first kappa shape index (κ1) is 22.2. The number of nitrogens with zero attached hydrogens (tertiary/aromatic N) is 2. The van der Waals surface area contributed by atoms with Crippen molar-refractivity contribution < 1.29 is 9.47 Å². The van der Waals surface area contributed by atoms with Gasteiger partial charge in [-0.25, -0.2) is 0 Å². The molecule has 0 bridgehead atoms. The third-order valence-corrected chi connectivity index (χ3v) is 15.1. The van der Waals surface area contributed by atoms with E-state index >= 15 is 0 Å². The summed E-state index contributed by atoms with van der Waals surface area (Å²) in [4.78, 5) is 0. The first-order chi connectivity index (χ1) is 13.1. The highest BCUT2D eigenvalue weighted by Gasteiger charge is 2.66. The third kappa shape index (κ3) is 4.22. The van der Waals surface area contributed by atoms with Crippen LogP contribution in [-0.2, 0) is 9.47 Å². The van der Waals surface area contributed by atoms with Crippen LogP contribution in [-0.4, -0.2) is 84.0 Å². The van der Waals surface area contributed by atoms with Gasteiger partial charge in [-0.3, -0.25) is 0 Å². The van der Waals surface area contributed by atoms with E-state index in [1.807, 2.05) is 14.2 Å². The normalized spacial score (nSPS) is 38.0. The number of rotatable bonds is 9. The lowest BCUT2D eigenvalue weighted by molar-refractivity contribution is 0.136. The Morgan fingerprint density at radius 1 is 0.926 bits per heavy atom. The SMILES string of the molecule is [B][P+]1(C2CCCC2[Si](C)CC)N(CCOC)C2CCCCC2N1CCOC. The van der Waals surface area contributed by atoms with Crippen molar-refractivity contribution in [3.63, 3.8) is 0 Å². The highest BCUT2D eigenvalue weighted by Crippen LogP contribution is 2.76. The fourth-order valence-corrected chi connectivity index (χ4v) is 14.1. The number of methoxy groups -OCH3 is 2. The van der Waals surface area contributed by atoms with Gasteiger partial charge in [0.15, 0.2) is 0 Å². The number of ether oxygens (including phenoxy) is 2. The average molecular weight is 410 g/mol. The molecule has 4 atom stereocenters. The van der Waals surface area contributed by atoms with Crippen molar-refractivity contribution in [2.24, 2.45) is 0 Å². The quantitative estimate of drug-likeness (QED) is 0.420. The molecular weight excluding hydrogens is 370 g/mol. The molecule has 4 nitrogen and oxygen atoms in total. The molecule has 1 heterocycles. The van der Waals surface area contributed by atoms with Crippen LogP contribution in [0.3, 0.4) is 0 Å². The molecule has 3 radical (unpaired) electrons. The van der Waals surface area contributed by atoms with Gasteiger partial charge in [-0.05, 0) is 37.6 Å². The summed E-state index contributed by atoms with van der Waals surface area (Å²) in [6, 6.07) is 2.65. The second-order valence-corrected chi connectivity index (χ2v) is 15.0. The van der Waals surface area contributed by atoms with Crippen LogP contribution >= 0.6 is 7.44 Å². The van der Waals surface area contributed by atoms with E-state index in [1.54, 1.807) is 0 Å². The Morgan fingerprint density at radius 2 is 1.48 bits per heavy atom. The minimum absolute atomic E-state index is 0.316. The molecule has 0 aromatic carbocycles. The average Bonchev–Trinajstić information content (AvgIpc) is 3.26. The zero-order chi connectivity index (χ0) is 19.4. The van der Waals surface area contributed by atoms with Crippen LogP contribution in [0.5, 0.6) is 0 Å². The molecule has 0 aromatic heterocycles. The van der Waals surface area contributed by atoms with E-state index in [0.29, 0.717) is 17.7 Å². The smallest absolute Gasteiger partial charge is 0.383 e. The summed E-state index contributed by atoms with van der Waals surface area (Å²) in [7, 11) is 9.15. The van der Waals surface area contributed by atoms with Crippen molar-refractivity contribution in [3.05, 3.63) is 0 Å². The molecule has 2 aliphatic carbocycles. The molecule has 0 amide bonds. The Morgan fingerprint density at radius 3 is 1.96 bits per heavy atom. The molecule has 0 spiro atoms. The maximum atomic E-state index is 7.65. The largest absolute Gasteiger partial charge is 0.409 e.